The quantitative estimate of drug-likeness (QED) is 0.666. The predicted molar refractivity (Wildman–Crippen MR) is 65.8 cm³/mol. The molecule has 0 unspecified atom stereocenters. The molecule has 0 bridgehead atoms. The second kappa shape index (κ2) is 6.73. The van der Waals surface area contributed by atoms with Crippen molar-refractivity contribution in [3.63, 3.8) is 0 Å². The Bertz CT molecular complexity index is 261. The Kier molecular flexibility index (Phi) is 5.96. The first-order valence-corrected chi connectivity index (χ1v) is 8.35. The van der Waals surface area contributed by atoms with Gasteiger partial charge in [0.15, 0.2) is 0 Å². The average molecular weight is 252 g/mol. The van der Waals surface area contributed by atoms with Crippen molar-refractivity contribution in [1.82, 2.24) is 10.0 Å². The van der Waals surface area contributed by atoms with Gasteiger partial charge in [-0.1, -0.05) is 0 Å². The van der Waals surface area contributed by atoms with Crippen LogP contribution in [0.1, 0.15) is 12.8 Å². The van der Waals surface area contributed by atoms with Crippen LogP contribution in [-0.2, 0) is 10.0 Å². The molecule has 90 valence electrons. The second-order valence-electron chi connectivity index (χ2n) is 3.86. The SMILES string of the molecule is CSCCNS(=O)(=O)CC1CCNCC1. The molecule has 1 saturated heterocycles. The summed E-state index contributed by atoms with van der Waals surface area (Å²) in [7, 11) is -3.04. The Hall–Kier alpha value is 0.220. The minimum Gasteiger partial charge on any atom is -0.317 e. The third kappa shape index (κ3) is 5.75. The lowest BCUT2D eigenvalue weighted by atomic mass is 10.0. The number of thioether (sulfide) groups is 1. The Balaban J connectivity index is 2.27. The fraction of sp³-hybridized carbons (Fsp3) is 1.00. The van der Waals surface area contributed by atoms with Crippen LogP contribution in [-0.4, -0.2) is 45.8 Å². The van der Waals surface area contributed by atoms with Gasteiger partial charge in [0.25, 0.3) is 0 Å². The number of nitrogens with one attached hydrogen (secondary N) is 2. The van der Waals surface area contributed by atoms with Gasteiger partial charge in [0, 0.05) is 12.3 Å². The second-order valence-corrected chi connectivity index (χ2v) is 6.70. The minimum atomic E-state index is -3.04. The summed E-state index contributed by atoms with van der Waals surface area (Å²) in [5.41, 5.74) is 0. The third-order valence-electron chi connectivity index (χ3n) is 2.54. The Morgan fingerprint density at radius 1 is 1.40 bits per heavy atom. The molecule has 6 heteroatoms. The van der Waals surface area contributed by atoms with Gasteiger partial charge < -0.3 is 5.32 Å². The fourth-order valence-corrected chi connectivity index (χ4v) is 3.64. The van der Waals surface area contributed by atoms with Crippen LogP contribution in [0.4, 0.5) is 0 Å². The number of rotatable bonds is 6. The van der Waals surface area contributed by atoms with E-state index in [0.717, 1.165) is 31.7 Å². The van der Waals surface area contributed by atoms with Crippen LogP contribution in [0.3, 0.4) is 0 Å². The van der Waals surface area contributed by atoms with Gasteiger partial charge in [0.05, 0.1) is 5.75 Å². The van der Waals surface area contributed by atoms with Crippen molar-refractivity contribution in [1.29, 1.82) is 0 Å². The molecular weight excluding hydrogens is 232 g/mol. The highest BCUT2D eigenvalue weighted by molar-refractivity contribution is 7.98. The first-order valence-electron chi connectivity index (χ1n) is 5.31. The van der Waals surface area contributed by atoms with Gasteiger partial charge in [0.1, 0.15) is 0 Å². The van der Waals surface area contributed by atoms with Crippen LogP contribution >= 0.6 is 11.8 Å². The maximum Gasteiger partial charge on any atom is 0.211 e. The van der Waals surface area contributed by atoms with Crippen LogP contribution in [0.5, 0.6) is 0 Å². The van der Waals surface area contributed by atoms with Crippen molar-refractivity contribution >= 4 is 21.8 Å². The zero-order chi connectivity index (χ0) is 11.1. The molecule has 1 aliphatic heterocycles. The van der Waals surface area contributed by atoms with E-state index in [1.807, 2.05) is 6.26 Å². The van der Waals surface area contributed by atoms with Crippen LogP contribution in [0.2, 0.25) is 0 Å². The van der Waals surface area contributed by atoms with E-state index >= 15 is 0 Å². The largest absolute Gasteiger partial charge is 0.317 e. The first kappa shape index (κ1) is 13.3. The van der Waals surface area contributed by atoms with E-state index in [0.29, 0.717) is 18.2 Å². The lowest BCUT2D eigenvalue weighted by molar-refractivity contribution is 0.400. The molecule has 1 rings (SSSR count). The highest BCUT2D eigenvalue weighted by Gasteiger charge is 2.20. The molecule has 0 spiro atoms. The molecule has 0 aromatic rings. The fourth-order valence-electron chi connectivity index (χ4n) is 1.72. The summed E-state index contributed by atoms with van der Waals surface area (Å²) in [6.07, 6.45) is 3.92. The van der Waals surface area contributed by atoms with E-state index in [2.05, 4.69) is 10.0 Å². The molecule has 0 saturated carbocycles. The van der Waals surface area contributed by atoms with Gasteiger partial charge in [-0.05, 0) is 38.1 Å². The lowest BCUT2D eigenvalue weighted by Gasteiger charge is -2.22. The molecule has 0 radical (unpaired) electrons. The summed E-state index contributed by atoms with van der Waals surface area (Å²) in [6.45, 7) is 2.45. The molecule has 1 heterocycles. The monoisotopic (exact) mass is 252 g/mol. The van der Waals surface area contributed by atoms with E-state index in [4.69, 9.17) is 0 Å². The standard InChI is InChI=1S/C9H20N2O2S2/c1-14-7-6-11-15(12,13)8-9-2-4-10-5-3-9/h9-11H,2-8H2,1H3. The smallest absolute Gasteiger partial charge is 0.211 e. The topological polar surface area (TPSA) is 58.2 Å². The molecular formula is C9H20N2O2S2. The summed E-state index contributed by atoms with van der Waals surface area (Å²) >= 11 is 1.65. The van der Waals surface area contributed by atoms with Crippen molar-refractivity contribution in [2.45, 2.75) is 12.8 Å². The van der Waals surface area contributed by atoms with Gasteiger partial charge in [0.2, 0.25) is 10.0 Å². The van der Waals surface area contributed by atoms with Crippen molar-refractivity contribution in [3.05, 3.63) is 0 Å². The molecule has 0 aromatic heterocycles. The van der Waals surface area contributed by atoms with Crippen LogP contribution in [0.15, 0.2) is 0 Å². The highest BCUT2D eigenvalue weighted by Crippen LogP contribution is 2.13. The van der Waals surface area contributed by atoms with Gasteiger partial charge in [-0.3, -0.25) is 0 Å². The van der Waals surface area contributed by atoms with Crippen molar-refractivity contribution in [2.24, 2.45) is 5.92 Å². The molecule has 2 N–H and O–H groups in total. The number of piperidine rings is 1. The van der Waals surface area contributed by atoms with E-state index in [9.17, 15) is 8.42 Å². The molecule has 15 heavy (non-hydrogen) atoms. The maximum atomic E-state index is 11.6. The van der Waals surface area contributed by atoms with E-state index in [1.54, 1.807) is 11.8 Å². The van der Waals surface area contributed by atoms with Crippen LogP contribution < -0.4 is 10.0 Å². The maximum absolute atomic E-state index is 11.6. The zero-order valence-electron chi connectivity index (χ0n) is 9.16. The normalized spacial score (nSPS) is 19.3. The minimum absolute atomic E-state index is 0.295. The summed E-state index contributed by atoms with van der Waals surface area (Å²) in [4.78, 5) is 0. The van der Waals surface area contributed by atoms with Gasteiger partial charge in [-0.15, -0.1) is 0 Å². The van der Waals surface area contributed by atoms with E-state index < -0.39 is 10.0 Å². The van der Waals surface area contributed by atoms with Gasteiger partial charge in [-0.25, -0.2) is 13.1 Å². The summed E-state index contributed by atoms with van der Waals surface area (Å²) in [6, 6.07) is 0. The van der Waals surface area contributed by atoms with E-state index in [-0.39, 0.29) is 0 Å². The first-order chi connectivity index (χ1) is 7.14. The molecule has 4 nitrogen and oxygen atoms in total. The Morgan fingerprint density at radius 3 is 2.67 bits per heavy atom. The van der Waals surface area contributed by atoms with Gasteiger partial charge >= 0.3 is 0 Å². The Morgan fingerprint density at radius 2 is 2.07 bits per heavy atom. The summed E-state index contributed by atoms with van der Waals surface area (Å²) < 4.78 is 25.9. The number of hydrogen-bond acceptors (Lipinski definition) is 4. The summed E-state index contributed by atoms with van der Waals surface area (Å²) in [5.74, 6) is 1.46. The number of hydrogen-bond donors (Lipinski definition) is 2. The van der Waals surface area contributed by atoms with Crippen LogP contribution in [0, 0.1) is 5.92 Å². The molecule has 0 amide bonds. The highest BCUT2D eigenvalue weighted by atomic mass is 32.2. The van der Waals surface area contributed by atoms with Crippen molar-refractivity contribution in [2.75, 3.05) is 37.4 Å². The lowest BCUT2D eigenvalue weighted by Crippen LogP contribution is -2.36. The molecule has 0 aliphatic carbocycles. The molecule has 0 aromatic carbocycles. The number of sulfonamides is 1. The van der Waals surface area contributed by atoms with Gasteiger partial charge in [-0.2, -0.15) is 11.8 Å². The molecule has 1 aliphatic rings. The zero-order valence-corrected chi connectivity index (χ0v) is 10.8. The molecule has 0 atom stereocenters. The predicted octanol–water partition coefficient (Wildman–Crippen LogP) is 0.268. The summed E-state index contributed by atoms with van der Waals surface area (Å²) in [5, 5.41) is 3.23. The van der Waals surface area contributed by atoms with Crippen molar-refractivity contribution < 1.29 is 8.42 Å². The van der Waals surface area contributed by atoms with E-state index in [1.165, 1.54) is 0 Å². The van der Waals surface area contributed by atoms with Crippen LogP contribution in [0.25, 0.3) is 0 Å². The van der Waals surface area contributed by atoms with Crippen molar-refractivity contribution in [3.8, 4) is 0 Å². The molecule has 1 fully saturated rings. The third-order valence-corrected chi connectivity index (χ3v) is 4.71. The Labute approximate surface area is 96.6 Å². The average Bonchev–Trinajstić information content (AvgIpc) is 2.18.